The van der Waals surface area contributed by atoms with Crippen LogP contribution >= 0.6 is 11.3 Å². The van der Waals surface area contributed by atoms with Crippen LogP contribution in [0.2, 0.25) is 0 Å². The molecule has 1 aromatic heterocycles. The molecule has 0 bridgehead atoms. The molecule has 3 heterocycles. The molecular formula is C18H16N4O2S. The Morgan fingerprint density at radius 1 is 1.20 bits per heavy atom. The van der Waals surface area contributed by atoms with Gasteiger partial charge in [-0.15, -0.1) is 11.3 Å². The number of nitrogens with zero attached hydrogens (tertiary/aromatic N) is 1. The predicted octanol–water partition coefficient (Wildman–Crippen LogP) is 2.64. The molecule has 0 radical (unpaired) electrons. The van der Waals surface area contributed by atoms with E-state index in [0.717, 1.165) is 29.4 Å². The van der Waals surface area contributed by atoms with Crippen molar-refractivity contribution < 1.29 is 9.90 Å². The summed E-state index contributed by atoms with van der Waals surface area (Å²) in [6.45, 7) is 0.757. The predicted molar refractivity (Wildman–Crippen MR) is 96.8 cm³/mol. The highest BCUT2D eigenvalue weighted by atomic mass is 32.1. The third kappa shape index (κ3) is 3.09. The summed E-state index contributed by atoms with van der Waals surface area (Å²) in [5, 5.41) is 19.6. The Morgan fingerprint density at radius 3 is 2.76 bits per heavy atom. The number of carboxylic acids is 1. The second kappa shape index (κ2) is 6.37. The lowest BCUT2D eigenvalue weighted by atomic mass is 10.1. The van der Waals surface area contributed by atoms with Crippen molar-refractivity contribution in [2.75, 3.05) is 0 Å². The Labute approximate surface area is 148 Å². The van der Waals surface area contributed by atoms with Gasteiger partial charge in [0.05, 0.1) is 17.8 Å². The molecule has 0 saturated heterocycles. The lowest BCUT2D eigenvalue weighted by molar-refractivity contribution is 0.0697. The molecule has 2 aromatic rings. The molecule has 25 heavy (non-hydrogen) atoms. The molecule has 0 fully saturated rings. The highest BCUT2D eigenvalue weighted by Gasteiger charge is 2.24. The van der Waals surface area contributed by atoms with E-state index >= 15 is 0 Å². The fourth-order valence-electron chi connectivity index (χ4n) is 2.65. The summed E-state index contributed by atoms with van der Waals surface area (Å²) in [5.74, 6) is 0.887. The van der Waals surface area contributed by atoms with Gasteiger partial charge in [-0.05, 0) is 35.7 Å². The van der Waals surface area contributed by atoms with Crippen molar-refractivity contribution in [3.63, 3.8) is 0 Å². The summed E-state index contributed by atoms with van der Waals surface area (Å²) in [6.07, 6.45) is 5.86. The van der Waals surface area contributed by atoms with E-state index in [-0.39, 0.29) is 5.56 Å². The average molecular weight is 352 g/mol. The molecule has 1 aromatic carbocycles. The summed E-state index contributed by atoms with van der Waals surface area (Å²) < 4.78 is 0. The van der Waals surface area contributed by atoms with Gasteiger partial charge in [0.2, 0.25) is 0 Å². The van der Waals surface area contributed by atoms with Gasteiger partial charge in [-0.2, -0.15) is 0 Å². The zero-order valence-electron chi connectivity index (χ0n) is 13.2. The van der Waals surface area contributed by atoms with Crippen LogP contribution in [-0.4, -0.2) is 16.1 Å². The van der Waals surface area contributed by atoms with E-state index in [1.165, 1.54) is 4.88 Å². The van der Waals surface area contributed by atoms with Gasteiger partial charge in [0.1, 0.15) is 11.6 Å². The second-order valence-corrected chi connectivity index (χ2v) is 6.60. The first-order valence-electron chi connectivity index (χ1n) is 7.76. The zero-order chi connectivity index (χ0) is 17.2. The van der Waals surface area contributed by atoms with Gasteiger partial charge < -0.3 is 15.7 Å². The Balaban J connectivity index is 1.47. The number of benzene rings is 1. The highest BCUT2D eigenvalue weighted by Crippen LogP contribution is 2.27. The topological polar surface area (TPSA) is 76.6 Å². The van der Waals surface area contributed by atoms with Crippen LogP contribution in [-0.2, 0) is 6.54 Å². The SMILES string of the molecule is O=C(O)c1ccc(C2=CNC3=CC=C(NCc4cccs4)NN32)cc1. The third-order valence-electron chi connectivity index (χ3n) is 3.94. The maximum atomic E-state index is 11.0. The molecular weight excluding hydrogens is 336 g/mol. The molecule has 4 N–H and O–H groups in total. The van der Waals surface area contributed by atoms with E-state index in [1.54, 1.807) is 35.6 Å². The molecule has 0 unspecified atom stereocenters. The molecule has 4 rings (SSSR count). The zero-order valence-corrected chi connectivity index (χ0v) is 14.0. The van der Waals surface area contributed by atoms with E-state index in [9.17, 15) is 4.79 Å². The largest absolute Gasteiger partial charge is 0.478 e. The summed E-state index contributed by atoms with van der Waals surface area (Å²) in [6, 6.07) is 11.0. The number of hydrazine groups is 1. The fourth-order valence-corrected chi connectivity index (χ4v) is 3.30. The van der Waals surface area contributed by atoms with Gasteiger partial charge in [-0.25, -0.2) is 9.80 Å². The number of allylic oxidation sites excluding steroid dienone is 2. The molecule has 0 amide bonds. The summed E-state index contributed by atoms with van der Waals surface area (Å²) in [4.78, 5) is 12.3. The van der Waals surface area contributed by atoms with Gasteiger partial charge in [-0.3, -0.25) is 5.43 Å². The quantitative estimate of drug-likeness (QED) is 0.663. The standard InChI is InChI=1S/C18H16N4O2S/c23-18(24)13-5-3-12(4-6-13)15-11-20-17-8-7-16(21-22(15)17)19-10-14-2-1-9-25-14/h1-9,11,19-21H,10H2,(H,23,24). The minimum absolute atomic E-state index is 0.274. The Hall–Kier alpha value is -3.19. The van der Waals surface area contributed by atoms with Gasteiger partial charge in [0, 0.05) is 16.6 Å². The van der Waals surface area contributed by atoms with Crippen LogP contribution in [0.15, 0.2) is 71.8 Å². The van der Waals surface area contributed by atoms with Crippen molar-refractivity contribution in [3.8, 4) is 0 Å². The summed E-state index contributed by atoms with van der Waals surface area (Å²) >= 11 is 1.71. The van der Waals surface area contributed by atoms with Crippen LogP contribution < -0.4 is 16.1 Å². The Kier molecular flexibility index (Phi) is 3.91. The molecule has 0 atom stereocenters. The van der Waals surface area contributed by atoms with Crippen LogP contribution in [0, 0.1) is 0 Å². The first-order chi connectivity index (χ1) is 12.2. The summed E-state index contributed by atoms with van der Waals surface area (Å²) in [7, 11) is 0. The number of hydrogen-bond donors (Lipinski definition) is 4. The number of thiophene rings is 1. The number of aromatic carboxylic acids is 1. The smallest absolute Gasteiger partial charge is 0.335 e. The highest BCUT2D eigenvalue weighted by molar-refractivity contribution is 7.09. The Bertz CT molecular complexity index is 882. The average Bonchev–Trinajstić information content (AvgIpc) is 3.29. The van der Waals surface area contributed by atoms with Crippen LogP contribution in [0.4, 0.5) is 0 Å². The van der Waals surface area contributed by atoms with Crippen molar-refractivity contribution in [2.24, 2.45) is 0 Å². The van der Waals surface area contributed by atoms with Crippen LogP contribution in [0.5, 0.6) is 0 Å². The van der Waals surface area contributed by atoms with E-state index in [2.05, 4.69) is 27.5 Å². The van der Waals surface area contributed by atoms with Crippen LogP contribution in [0.25, 0.3) is 5.70 Å². The maximum Gasteiger partial charge on any atom is 0.335 e. The monoisotopic (exact) mass is 352 g/mol. The van der Waals surface area contributed by atoms with Gasteiger partial charge >= 0.3 is 5.97 Å². The van der Waals surface area contributed by atoms with Crippen LogP contribution in [0.3, 0.4) is 0 Å². The van der Waals surface area contributed by atoms with Crippen molar-refractivity contribution in [1.82, 2.24) is 21.1 Å². The van der Waals surface area contributed by atoms with Crippen molar-refractivity contribution in [1.29, 1.82) is 0 Å². The van der Waals surface area contributed by atoms with Gasteiger partial charge in [0.15, 0.2) is 0 Å². The number of rotatable bonds is 5. The minimum atomic E-state index is -0.926. The molecule has 126 valence electrons. The molecule has 0 aliphatic carbocycles. The first-order valence-corrected chi connectivity index (χ1v) is 8.64. The van der Waals surface area contributed by atoms with E-state index in [1.807, 2.05) is 29.4 Å². The van der Waals surface area contributed by atoms with E-state index < -0.39 is 5.97 Å². The molecule has 2 aliphatic heterocycles. The number of carbonyl (C=O) groups is 1. The lowest BCUT2D eigenvalue weighted by Gasteiger charge is -2.29. The molecule has 6 nitrogen and oxygen atoms in total. The fraction of sp³-hybridized carbons (Fsp3) is 0.0556. The second-order valence-electron chi connectivity index (χ2n) is 5.57. The first kappa shape index (κ1) is 15.3. The number of fused-ring (bicyclic) bond motifs is 1. The maximum absolute atomic E-state index is 11.0. The van der Waals surface area contributed by atoms with Crippen molar-refractivity contribution >= 4 is 23.0 Å². The van der Waals surface area contributed by atoms with Crippen LogP contribution in [0.1, 0.15) is 20.8 Å². The lowest BCUT2D eigenvalue weighted by Crippen LogP contribution is -2.41. The number of nitrogens with one attached hydrogen (secondary N) is 3. The van der Waals surface area contributed by atoms with Crippen molar-refractivity contribution in [2.45, 2.75) is 6.54 Å². The molecule has 0 spiro atoms. The van der Waals surface area contributed by atoms with Gasteiger partial charge in [-0.1, -0.05) is 18.2 Å². The number of hydrogen-bond acceptors (Lipinski definition) is 6. The Morgan fingerprint density at radius 2 is 2.04 bits per heavy atom. The minimum Gasteiger partial charge on any atom is -0.478 e. The normalized spacial score (nSPS) is 15.4. The molecule has 0 saturated carbocycles. The number of carboxylic acid groups (broad SMARTS) is 1. The van der Waals surface area contributed by atoms with E-state index in [0.29, 0.717) is 0 Å². The van der Waals surface area contributed by atoms with E-state index in [4.69, 9.17) is 5.11 Å². The van der Waals surface area contributed by atoms with Crippen molar-refractivity contribution in [3.05, 3.63) is 87.8 Å². The summed E-state index contributed by atoms with van der Waals surface area (Å²) in [5.41, 5.74) is 5.46. The van der Waals surface area contributed by atoms with Gasteiger partial charge in [0.25, 0.3) is 0 Å². The molecule has 2 aliphatic rings. The molecule has 7 heteroatoms. The third-order valence-corrected chi connectivity index (χ3v) is 4.82.